The minimum absolute atomic E-state index is 0.228. The fourth-order valence-corrected chi connectivity index (χ4v) is 3.42. The molecule has 142 valence electrons. The average molecular weight is 400 g/mol. The van der Waals surface area contributed by atoms with Crippen LogP contribution in [0.5, 0.6) is 0 Å². The van der Waals surface area contributed by atoms with Crippen molar-refractivity contribution in [3.8, 4) is 0 Å². The first-order valence-electron chi connectivity index (χ1n) is 8.84. The summed E-state index contributed by atoms with van der Waals surface area (Å²) in [5, 5.41) is 1.82. The first-order valence-corrected chi connectivity index (χ1v) is 9.66. The summed E-state index contributed by atoms with van der Waals surface area (Å²) in [7, 11) is 0. The van der Waals surface area contributed by atoms with Crippen LogP contribution in [0.3, 0.4) is 0 Å². The number of para-hydroxylation sites is 1. The number of carbonyl (C=O) groups is 2. The highest BCUT2D eigenvalue weighted by Gasteiger charge is 2.11. The number of hydrogen-bond acceptors (Lipinski definition) is 5. The van der Waals surface area contributed by atoms with Crippen molar-refractivity contribution in [2.45, 2.75) is 9.92 Å². The number of nitrogens with one attached hydrogen (secondary N) is 2. The summed E-state index contributed by atoms with van der Waals surface area (Å²) in [6.45, 7) is 0. The molecule has 0 saturated carbocycles. The van der Waals surface area contributed by atoms with Gasteiger partial charge >= 0.3 is 0 Å². The van der Waals surface area contributed by atoms with E-state index < -0.39 is 11.8 Å². The van der Waals surface area contributed by atoms with Gasteiger partial charge in [-0.05, 0) is 48.5 Å². The molecule has 6 nitrogen and oxygen atoms in total. The molecule has 0 saturated heterocycles. The summed E-state index contributed by atoms with van der Waals surface area (Å²) in [4.78, 5) is 34.1. The molecule has 4 aromatic rings. The summed E-state index contributed by atoms with van der Waals surface area (Å²) >= 11 is 1.50. The molecule has 0 radical (unpaired) electrons. The smallest absolute Gasteiger partial charge is 0.267 e. The van der Waals surface area contributed by atoms with Crippen LogP contribution < -0.4 is 10.9 Å². The second kappa shape index (κ2) is 8.53. The Kier molecular flexibility index (Phi) is 5.49. The zero-order valence-electron chi connectivity index (χ0n) is 15.2. The maximum atomic E-state index is 12.3. The third-order valence-corrected chi connectivity index (χ3v) is 5.06. The number of hydrogen-bond donors (Lipinski definition) is 2. The first kappa shape index (κ1) is 18.6. The zero-order valence-corrected chi connectivity index (χ0v) is 16.0. The van der Waals surface area contributed by atoms with Gasteiger partial charge in [0.25, 0.3) is 11.8 Å². The van der Waals surface area contributed by atoms with Crippen molar-refractivity contribution in [3.05, 3.63) is 96.3 Å². The Labute approximate surface area is 171 Å². The third-order valence-electron chi connectivity index (χ3n) is 4.10. The minimum Gasteiger partial charge on any atom is -0.267 e. The minimum atomic E-state index is -0.480. The Hall–Kier alpha value is -3.71. The van der Waals surface area contributed by atoms with Gasteiger partial charge < -0.3 is 0 Å². The van der Waals surface area contributed by atoms with Gasteiger partial charge in [0.2, 0.25) is 0 Å². The number of rotatable bonds is 4. The maximum Gasteiger partial charge on any atom is 0.288 e. The number of hydrazine groups is 1. The van der Waals surface area contributed by atoms with E-state index in [9.17, 15) is 9.59 Å². The van der Waals surface area contributed by atoms with Crippen LogP contribution in [0.25, 0.3) is 10.9 Å². The number of pyridine rings is 2. The molecule has 0 spiro atoms. The highest BCUT2D eigenvalue weighted by atomic mass is 32.2. The van der Waals surface area contributed by atoms with Gasteiger partial charge in [-0.2, -0.15) is 0 Å². The fourth-order valence-electron chi connectivity index (χ4n) is 2.64. The molecule has 0 bridgehead atoms. The van der Waals surface area contributed by atoms with Crippen LogP contribution in [-0.2, 0) is 0 Å². The largest absolute Gasteiger partial charge is 0.288 e. The van der Waals surface area contributed by atoms with Crippen LogP contribution in [0, 0.1) is 0 Å². The van der Waals surface area contributed by atoms with Gasteiger partial charge in [-0.1, -0.05) is 42.1 Å². The van der Waals surface area contributed by atoms with E-state index in [1.807, 2.05) is 60.7 Å². The van der Waals surface area contributed by atoms with Crippen LogP contribution >= 0.6 is 11.8 Å². The molecule has 7 heteroatoms. The lowest BCUT2D eigenvalue weighted by atomic mass is 10.2. The number of nitrogens with zero attached hydrogens (tertiary/aromatic N) is 2. The number of carbonyl (C=O) groups excluding carboxylic acids is 2. The van der Waals surface area contributed by atoms with E-state index in [0.717, 1.165) is 15.3 Å². The molecule has 0 atom stereocenters. The summed E-state index contributed by atoms with van der Waals surface area (Å²) < 4.78 is 0. The molecular weight excluding hydrogens is 384 g/mol. The van der Waals surface area contributed by atoms with Gasteiger partial charge in [0.1, 0.15) is 10.7 Å². The second-order valence-electron chi connectivity index (χ2n) is 6.09. The van der Waals surface area contributed by atoms with E-state index in [2.05, 4.69) is 20.8 Å². The number of amides is 2. The standard InChI is InChI=1S/C22H16N4O2S/c27-21(16-8-11-17(12-9-16)29-20-7-3-4-14-23-20)25-26-22(28)19-13-10-15-5-1-2-6-18(15)24-19/h1-14H,(H,25,27)(H,26,28). The molecule has 0 aliphatic rings. The van der Waals surface area contributed by atoms with Gasteiger partial charge in [0, 0.05) is 22.0 Å². The molecule has 2 amide bonds. The Morgan fingerprint density at radius 1 is 0.759 bits per heavy atom. The highest BCUT2D eigenvalue weighted by Crippen LogP contribution is 2.25. The van der Waals surface area contributed by atoms with Gasteiger partial charge in [0.15, 0.2) is 0 Å². The van der Waals surface area contributed by atoms with Crippen molar-refractivity contribution in [1.29, 1.82) is 0 Å². The van der Waals surface area contributed by atoms with Crippen molar-refractivity contribution in [2.75, 3.05) is 0 Å². The van der Waals surface area contributed by atoms with Crippen molar-refractivity contribution in [2.24, 2.45) is 0 Å². The molecule has 0 aliphatic heterocycles. The van der Waals surface area contributed by atoms with Crippen LogP contribution in [0.2, 0.25) is 0 Å². The maximum absolute atomic E-state index is 12.3. The zero-order chi connectivity index (χ0) is 20.1. The van der Waals surface area contributed by atoms with Crippen LogP contribution in [0.4, 0.5) is 0 Å². The summed E-state index contributed by atoms with van der Waals surface area (Å²) in [5.41, 5.74) is 6.19. The SMILES string of the molecule is O=C(NNC(=O)c1ccc2ccccc2n1)c1ccc(Sc2ccccn2)cc1. The quantitative estimate of drug-likeness (QED) is 0.508. The van der Waals surface area contributed by atoms with Crippen LogP contribution in [-0.4, -0.2) is 21.8 Å². The monoisotopic (exact) mass is 400 g/mol. The van der Waals surface area contributed by atoms with E-state index in [1.54, 1.807) is 24.4 Å². The lowest BCUT2D eigenvalue weighted by Gasteiger charge is -2.08. The van der Waals surface area contributed by atoms with E-state index >= 15 is 0 Å². The molecule has 0 aliphatic carbocycles. The Balaban J connectivity index is 1.36. The molecule has 2 heterocycles. The molecule has 4 rings (SSSR count). The lowest BCUT2D eigenvalue weighted by Crippen LogP contribution is -2.41. The van der Waals surface area contributed by atoms with Crippen molar-refractivity contribution in [3.63, 3.8) is 0 Å². The third kappa shape index (κ3) is 4.59. The highest BCUT2D eigenvalue weighted by molar-refractivity contribution is 7.99. The fraction of sp³-hybridized carbons (Fsp3) is 0. The number of benzene rings is 2. The van der Waals surface area contributed by atoms with Crippen LogP contribution in [0.15, 0.2) is 95.0 Å². The molecule has 2 N–H and O–H groups in total. The average Bonchev–Trinajstić information content (AvgIpc) is 2.78. The number of aromatic nitrogens is 2. The van der Waals surface area contributed by atoms with E-state index in [-0.39, 0.29) is 5.69 Å². The second-order valence-corrected chi connectivity index (χ2v) is 7.19. The topological polar surface area (TPSA) is 84.0 Å². The molecular formula is C22H16N4O2S. The Morgan fingerprint density at radius 3 is 2.31 bits per heavy atom. The van der Waals surface area contributed by atoms with Crippen molar-refractivity contribution < 1.29 is 9.59 Å². The summed E-state index contributed by atoms with van der Waals surface area (Å²) in [5.74, 6) is -0.889. The van der Waals surface area contributed by atoms with Gasteiger partial charge in [0.05, 0.1) is 5.52 Å². The number of fused-ring (bicyclic) bond motifs is 1. The predicted molar refractivity (Wildman–Crippen MR) is 111 cm³/mol. The van der Waals surface area contributed by atoms with Gasteiger partial charge in [-0.3, -0.25) is 20.4 Å². The molecule has 2 aromatic carbocycles. The van der Waals surface area contributed by atoms with Crippen molar-refractivity contribution >= 4 is 34.5 Å². The van der Waals surface area contributed by atoms with E-state index in [1.165, 1.54) is 11.8 Å². The summed E-state index contributed by atoms with van der Waals surface area (Å²) in [6.07, 6.45) is 1.73. The molecule has 29 heavy (non-hydrogen) atoms. The normalized spacial score (nSPS) is 10.5. The predicted octanol–water partition coefficient (Wildman–Crippen LogP) is 3.86. The van der Waals surface area contributed by atoms with Gasteiger partial charge in [-0.15, -0.1) is 0 Å². The van der Waals surface area contributed by atoms with E-state index in [4.69, 9.17) is 0 Å². The van der Waals surface area contributed by atoms with Gasteiger partial charge in [-0.25, -0.2) is 9.97 Å². The van der Waals surface area contributed by atoms with Crippen molar-refractivity contribution in [1.82, 2.24) is 20.8 Å². The Bertz CT molecular complexity index is 1160. The first-order chi connectivity index (χ1) is 14.2. The molecule has 0 fully saturated rings. The molecule has 2 aromatic heterocycles. The van der Waals surface area contributed by atoms with E-state index in [0.29, 0.717) is 11.1 Å². The summed E-state index contributed by atoms with van der Waals surface area (Å²) in [6, 6.07) is 23.7. The lowest BCUT2D eigenvalue weighted by molar-refractivity contribution is 0.0844. The Morgan fingerprint density at radius 2 is 1.52 bits per heavy atom. The molecule has 0 unspecified atom stereocenters. The van der Waals surface area contributed by atoms with Crippen LogP contribution in [0.1, 0.15) is 20.8 Å².